The van der Waals surface area contributed by atoms with Gasteiger partial charge in [0.05, 0.1) is 0 Å². The van der Waals surface area contributed by atoms with Gasteiger partial charge in [-0.1, -0.05) is 0 Å². The van der Waals surface area contributed by atoms with Gasteiger partial charge in [-0.05, 0) is 0 Å². The fourth-order valence-corrected chi connectivity index (χ4v) is 0. The summed E-state index contributed by atoms with van der Waals surface area (Å²) in [6.07, 6.45) is 0. The second-order valence-corrected chi connectivity index (χ2v) is 0. The van der Waals surface area contributed by atoms with Crippen LogP contribution in [0.1, 0.15) is 0 Å². The van der Waals surface area contributed by atoms with Crippen LogP contribution in [0.2, 0.25) is 0 Å². The molecule has 30 valence electrons. The summed E-state index contributed by atoms with van der Waals surface area (Å²) >= 11 is 0. The van der Waals surface area contributed by atoms with Crippen LogP contribution in [0.25, 0.3) is 0 Å². The first-order valence-corrected chi connectivity index (χ1v) is 0. The molecule has 0 atom stereocenters. The minimum atomic E-state index is 0. The first-order chi connectivity index (χ1) is 0. The number of hydrogen-bond acceptors (Lipinski definition) is 0. The summed E-state index contributed by atoms with van der Waals surface area (Å²) in [4.78, 5) is 0. The van der Waals surface area contributed by atoms with Gasteiger partial charge in [-0.15, -0.1) is 0 Å². The van der Waals surface area contributed by atoms with Gasteiger partial charge in [0.15, 0.2) is 0 Å². The Morgan fingerprint density at radius 3 is 1.00 bits per heavy atom. The third-order valence-corrected chi connectivity index (χ3v) is 0. The monoisotopic (exact) mass is 498 g/mol. The van der Waals surface area contributed by atoms with Crippen molar-refractivity contribution in [3.8, 4) is 0 Å². The Hall–Kier alpha value is 3.32. The Labute approximate surface area is 99.3 Å². The van der Waals surface area contributed by atoms with E-state index in [1.54, 1.807) is 0 Å². The average Bonchev–Trinajstić information content (AvgIpc) is 0. The van der Waals surface area contributed by atoms with Crippen LogP contribution < -0.4 is 0 Å². The molecule has 0 fully saturated rings. The van der Waals surface area contributed by atoms with E-state index in [0.29, 0.717) is 0 Å². The molecule has 0 bridgehead atoms. The maximum atomic E-state index is 0. The van der Waals surface area contributed by atoms with Crippen molar-refractivity contribution in [1.82, 2.24) is 0 Å². The Balaban J connectivity index is 0. The molecular formula is H5BiFeGaTb. The molecule has 0 spiro atoms. The van der Waals surface area contributed by atoms with E-state index < -0.39 is 0 Å². The SMILES string of the molecule is [BiH3].[Fe].[GaH2].[Tb]. The zero-order valence-corrected chi connectivity index (χ0v) is 15.3. The summed E-state index contributed by atoms with van der Waals surface area (Å²) in [7, 11) is 0. The molecule has 0 rings (SSSR count). The first kappa shape index (κ1) is 26.5. The molecular weight excluding hydrogens is 493 g/mol. The minimum Gasteiger partial charge on any atom is 0 e. The Bertz CT molecular complexity index is 8.00. The second kappa shape index (κ2) is 16.2. The van der Waals surface area contributed by atoms with Gasteiger partial charge in [-0.2, -0.15) is 0 Å². The summed E-state index contributed by atoms with van der Waals surface area (Å²) in [6.45, 7) is 0. The van der Waals surface area contributed by atoms with E-state index in [0.717, 1.165) is 0 Å². The molecule has 4 heteroatoms. The van der Waals surface area contributed by atoms with E-state index in [1.807, 2.05) is 0 Å². The zero-order valence-electron chi connectivity index (χ0n) is 2.39. The van der Waals surface area contributed by atoms with Gasteiger partial charge in [0.25, 0.3) is 0 Å². The number of hydrogen-bond donors (Lipinski definition) is 0. The molecule has 0 aromatic rings. The van der Waals surface area contributed by atoms with Gasteiger partial charge in [0.1, 0.15) is 0 Å². The molecule has 4 heavy (non-hydrogen) atoms. The third kappa shape index (κ3) is 9.01. The van der Waals surface area contributed by atoms with Crippen molar-refractivity contribution in [2.45, 2.75) is 0 Å². The van der Waals surface area contributed by atoms with Crippen LogP contribution >= 0.6 is 0 Å². The van der Waals surface area contributed by atoms with Gasteiger partial charge in [0, 0.05) is 55.7 Å². The van der Waals surface area contributed by atoms with E-state index in [2.05, 4.69) is 0 Å². The molecule has 0 aromatic carbocycles. The van der Waals surface area contributed by atoms with E-state index >= 15 is 0 Å². The maximum absolute atomic E-state index is 0. The van der Waals surface area contributed by atoms with Gasteiger partial charge < -0.3 is 0 Å². The first-order valence-electron chi connectivity index (χ1n) is 0. The van der Waals surface area contributed by atoms with Crippen LogP contribution in [-0.4, -0.2) is 46.0 Å². The predicted octanol–water partition coefficient (Wildman–Crippen LogP) is -2.10. The van der Waals surface area contributed by atoms with Crippen molar-refractivity contribution in [3.05, 3.63) is 0 Å². The molecule has 0 heterocycles. The average molecular weight is 499 g/mol. The van der Waals surface area contributed by atoms with Crippen LogP contribution in [0.3, 0.4) is 0 Å². The standard InChI is InChI=1S/Bi.Fe.Ga.Tb.5H. The Morgan fingerprint density at radius 2 is 1.00 bits per heavy atom. The molecule has 0 amide bonds. The van der Waals surface area contributed by atoms with E-state index in [9.17, 15) is 0 Å². The fourth-order valence-electron chi connectivity index (χ4n) is 0. The minimum absolute atomic E-state index is 0. The third-order valence-electron chi connectivity index (χ3n) is 0. The Kier molecular flexibility index (Phi) is 108. The molecule has 0 aliphatic carbocycles. The summed E-state index contributed by atoms with van der Waals surface area (Å²) in [5.74, 6) is 0. The number of rotatable bonds is 0. The van der Waals surface area contributed by atoms with Crippen LogP contribution in [0.15, 0.2) is 0 Å². The maximum Gasteiger partial charge on any atom is 0 e. The molecule has 0 N–H and O–H groups in total. The molecule has 2 radical (unpaired) electrons. The Morgan fingerprint density at radius 1 is 1.00 bits per heavy atom. The molecule has 0 saturated carbocycles. The van der Waals surface area contributed by atoms with Crippen molar-refractivity contribution in [1.29, 1.82) is 0 Å². The topological polar surface area (TPSA) is 0 Å². The molecule has 0 aliphatic rings. The smallest absolute Gasteiger partial charge is 0 e. The quantitative estimate of drug-likeness (QED) is 0.336. The van der Waals surface area contributed by atoms with Crippen LogP contribution in [-0.2, 0) is 17.1 Å². The van der Waals surface area contributed by atoms with Crippen molar-refractivity contribution < 1.29 is 55.7 Å². The molecule has 0 aliphatic heterocycles. The van der Waals surface area contributed by atoms with Gasteiger partial charge in [-0.3, -0.25) is 0 Å². The van der Waals surface area contributed by atoms with E-state index in [4.69, 9.17) is 0 Å². The van der Waals surface area contributed by atoms with E-state index in [-0.39, 0.29) is 102 Å². The predicted molar refractivity (Wildman–Crippen MR) is 18.5 cm³/mol. The zero-order chi connectivity index (χ0) is 0. The van der Waals surface area contributed by atoms with Crippen molar-refractivity contribution >= 4 is 46.0 Å². The van der Waals surface area contributed by atoms with E-state index in [1.165, 1.54) is 0 Å². The molecule has 0 unspecified atom stereocenters. The second-order valence-electron chi connectivity index (χ2n) is 0. The summed E-state index contributed by atoms with van der Waals surface area (Å²) in [6, 6.07) is 0. The van der Waals surface area contributed by atoms with Crippen molar-refractivity contribution in [2.75, 3.05) is 0 Å². The van der Waals surface area contributed by atoms with Gasteiger partial charge >= 0.3 is 46.0 Å². The molecule has 0 aromatic heterocycles. The normalized spacial score (nSPS) is 0. The van der Waals surface area contributed by atoms with Crippen molar-refractivity contribution in [2.24, 2.45) is 0 Å². The van der Waals surface area contributed by atoms with Gasteiger partial charge in [0.2, 0.25) is 0 Å². The largest absolute Gasteiger partial charge is 0 e. The summed E-state index contributed by atoms with van der Waals surface area (Å²) < 4.78 is 0. The summed E-state index contributed by atoms with van der Waals surface area (Å²) in [5, 5.41) is 0. The molecule has 0 nitrogen and oxygen atoms in total. The fraction of sp³-hybridized carbons (Fsp3) is 0. The van der Waals surface area contributed by atoms with Crippen LogP contribution in [0.4, 0.5) is 0 Å². The van der Waals surface area contributed by atoms with Crippen molar-refractivity contribution in [3.63, 3.8) is 0 Å². The van der Waals surface area contributed by atoms with Crippen LogP contribution in [0.5, 0.6) is 0 Å². The van der Waals surface area contributed by atoms with Crippen LogP contribution in [0, 0.1) is 38.6 Å². The molecule has 0 saturated heterocycles. The summed E-state index contributed by atoms with van der Waals surface area (Å²) in [5.41, 5.74) is 0. The van der Waals surface area contributed by atoms with Gasteiger partial charge in [-0.25, -0.2) is 0 Å².